The summed E-state index contributed by atoms with van der Waals surface area (Å²) in [4.78, 5) is 13.2. The molecule has 0 radical (unpaired) electrons. The molecule has 2 aromatic carbocycles. The molecule has 5 nitrogen and oxygen atoms in total. The van der Waals surface area contributed by atoms with Crippen LogP contribution in [0.1, 0.15) is 72.1 Å². The van der Waals surface area contributed by atoms with Crippen molar-refractivity contribution in [2.75, 3.05) is 6.61 Å². The molecule has 0 amide bonds. The molecule has 3 aromatic rings. The first kappa shape index (κ1) is 30.1. The molecule has 7 heteroatoms. The van der Waals surface area contributed by atoms with Gasteiger partial charge in [-0.25, -0.2) is 8.93 Å². The Bertz CT molecular complexity index is 1210. The second kappa shape index (κ2) is 13.0. The molecule has 0 saturated carbocycles. The summed E-state index contributed by atoms with van der Waals surface area (Å²) in [5.41, 5.74) is 6.05. The molecular weight excluding hydrogens is 509 g/mol. The molecule has 1 heterocycles. The van der Waals surface area contributed by atoms with E-state index >= 15 is 0 Å². The van der Waals surface area contributed by atoms with Gasteiger partial charge >= 0.3 is 5.97 Å². The van der Waals surface area contributed by atoms with Gasteiger partial charge < -0.3 is 8.97 Å². The van der Waals surface area contributed by atoms with E-state index in [-0.39, 0.29) is 12.4 Å². The predicted octanol–water partition coefficient (Wildman–Crippen LogP) is 7.79. The molecule has 0 bridgehead atoms. The Labute approximate surface area is 232 Å². The number of hydrogen-bond donors (Lipinski definition) is 1. The number of nitrogens with zero attached hydrogens (tertiary/aromatic N) is 1. The van der Waals surface area contributed by atoms with E-state index in [0.717, 1.165) is 22.3 Å². The molecule has 0 saturated heterocycles. The maximum Gasteiger partial charge on any atom is 0.307 e. The second-order valence-electron chi connectivity index (χ2n) is 11.0. The van der Waals surface area contributed by atoms with Gasteiger partial charge in [-0.15, -0.1) is 0 Å². The highest BCUT2D eigenvalue weighted by Gasteiger charge is 2.44. The highest BCUT2D eigenvalue weighted by molar-refractivity contribution is 7.83. The molecule has 0 aliphatic carbocycles. The molecule has 0 fully saturated rings. The molecule has 0 aliphatic rings. The minimum atomic E-state index is -1.84. The number of benzene rings is 2. The van der Waals surface area contributed by atoms with Crippen LogP contribution in [0, 0.1) is 6.92 Å². The van der Waals surface area contributed by atoms with Crippen LogP contribution in [-0.4, -0.2) is 29.3 Å². The summed E-state index contributed by atoms with van der Waals surface area (Å²) >= 11 is 0. The zero-order valence-corrected chi connectivity index (χ0v) is 26.0. The van der Waals surface area contributed by atoms with Crippen LogP contribution in [0.5, 0.6) is 0 Å². The predicted molar refractivity (Wildman–Crippen MR) is 161 cm³/mol. The number of aromatic nitrogens is 1. The Kier molecular flexibility index (Phi) is 10.3. The lowest BCUT2D eigenvalue weighted by Crippen LogP contribution is -2.51. The van der Waals surface area contributed by atoms with Crippen molar-refractivity contribution < 1.29 is 13.7 Å². The van der Waals surface area contributed by atoms with Gasteiger partial charge in [-0.05, 0) is 77.6 Å². The summed E-state index contributed by atoms with van der Waals surface area (Å²) in [6.45, 7) is 18.3. The van der Waals surface area contributed by atoms with Crippen molar-refractivity contribution in [1.82, 2.24) is 8.95 Å². The quantitative estimate of drug-likeness (QED) is 0.184. The van der Waals surface area contributed by atoms with Crippen molar-refractivity contribution in [3.63, 3.8) is 0 Å². The third kappa shape index (κ3) is 6.56. The minimum Gasteiger partial charge on any atom is -0.466 e. The Morgan fingerprint density at radius 2 is 1.58 bits per heavy atom. The van der Waals surface area contributed by atoms with Crippen molar-refractivity contribution in [3.05, 3.63) is 78.1 Å². The summed E-state index contributed by atoms with van der Waals surface area (Å²) < 4.78 is 24.2. The van der Waals surface area contributed by atoms with Gasteiger partial charge in [0.2, 0.25) is 0 Å². The first-order valence-corrected chi connectivity index (χ1v) is 17.0. The molecule has 0 spiro atoms. The molecule has 38 heavy (non-hydrogen) atoms. The molecule has 206 valence electrons. The molecule has 0 aliphatic heterocycles. The summed E-state index contributed by atoms with van der Waals surface area (Å²) in [5, 5.41) is 0. The Balaban J connectivity index is 1.97. The average Bonchev–Trinajstić information content (AvgIpc) is 3.34. The first-order valence-electron chi connectivity index (χ1n) is 13.7. The second-order valence-corrected chi connectivity index (χ2v) is 18.0. The zero-order chi connectivity index (χ0) is 28.0. The fourth-order valence-electron chi connectivity index (χ4n) is 6.11. The van der Waals surface area contributed by atoms with Crippen LogP contribution < -0.4 is 4.72 Å². The third-order valence-corrected chi connectivity index (χ3v) is 15.6. The summed E-state index contributed by atoms with van der Waals surface area (Å²) in [5.74, 6) is -0.316. The van der Waals surface area contributed by atoms with E-state index in [9.17, 15) is 9.00 Å². The molecule has 1 N–H and O–H groups in total. The maximum atomic E-state index is 13.2. The van der Waals surface area contributed by atoms with Crippen LogP contribution in [0.3, 0.4) is 0 Å². The molecule has 2 atom stereocenters. The van der Waals surface area contributed by atoms with Crippen molar-refractivity contribution in [2.45, 2.75) is 89.4 Å². The average molecular weight is 553 g/mol. The van der Waals surface area contributed by atoms with E-state index in [2.05, 4.69) is 81.1 Å². The lowest BCUT2D eigenvalue weighted by Gasteiger charge is -2.44. The lowest BCUT2D eigenvalue weighted by atomic mass is 10.00. The highest BCUT2D eigenvalue weighted by atomic mass is 32.2. The zero-order valence-electron chi connectivity index (χ0n) is 24.2. The maximum absolute atomic E-state index is 13.2. The molecule has 3 rings (SSSR count). The Morgan fingerprint density at radius 3 is 2.16 bits per heavy atom. The van der Waals surface area contributed by atoms with E-state index in [1.165, 1.54) is 0 Å². The fraction of sp³-hybridized carbons (Fsp3) is 0.452. The summed E-state index contributed by atoms with van der Waals surface area (Å²) in [6, 6.07) is 17.5. The molecular formula is C31H44N2O3SSi. The Morgan fingerprint density at radius 1 is 0.947 bits per heavy atom. The van der Waals surface area contributed by atoms with E-state index in [1.807, 2.05) is 43.3 Å². The van der Waals surface area contributed by atoms with Crippen LogP contribution in [0.25, 0.3) is 11.1 Å². The number of hydrogen-bond acceptors (Lipinski definition) is 3. The van der Waals surface area contributed by atoms with Crippen molar-refractivity contribution in [1.29, 1.82) is 0 Å². The van der Waals surface area contributed by atoms with Crippen molar-refractivity contribution in [3.8, 4) is 11.1 Å². The number of carbonyl (C=O) groups excluding carboxylic acids is 1. The Hall–Kier alpha value is -2.48. The van der Waals surface area contributed by atoms with Gasteiger partial charge in [0.15, 0.2) is 8.24 Å². The number of nitrogens with one attached hydrogen (secondary N) is 1. The van der Waals surface area contributed by atoms with Gasteiger partial charge in [-0.3, -0.25) is 4.79 Å². The SMILES string of the molecule is CCOC(=O)C[C@H](N[S@](=O)c1ccc(C)cc1)c1cccc(-c2ccn([Si](C(C)C)(C(C)C)C(C)C)c2)c1. The van der Waals surface area contributed by atoms with Crippen LogP contribution in [-0.2, 0) is 20.5 Å². The van der Waals surface area contributed by atoms with Gasteiger partial charge in [0.05, 0.1) is 24.0 Å². The largest absolute Gasteiger partial charge is 0.466 e. The van der Waals surface area contributed by atoms with E-state index in [0.29, 0.717) is 28.1 Å². The van der Waals surface area contributed by atoms with Crippen LogP contribution in [0.2, 0.25) is 16.6 Å². The normalized spacial score (nSPS) is 13.8. The van der Waals surface area contributed by atoms with Crippen molar-refractivity contribution in [2.24, 2.45) is 0 Å². The van der Waals surface area contributed by atoms with Crippen LogP contribution >= 0.6 is 0 Å². The minimum absolute atomic E-state index is 0.0972. The van der Waals surface area contributed by atoms with Crippen LogP contribution in [0.4, 0.5) is 0 Å². The van der Waals surface area contributed by atoms with E-state index < -0.39 is 25.3 Å². The van der Waals surface area contributed by atoms with E-state index in [4.69, 9.17) is 4.74 Å². The highest BCUT2D eigenvalue weighted by Crippen LogP contribution is 2.43. The van der Waals surface area contributed by atoms with Gasteiger partial charge in [-0.2, -0.15) is 0 Å². The number of aryl methyl sites for hydroxylation is 1. The first-order chi connectivity index (χ1) is 18.0. The monoisotopic (exact) mass is 552 g/mol. The molecule has 1 aromatic heterocycles. The van der Waals surface area contributed by atoms with Crippen LogP contribution in [0.15, 0.2) is 71.9 Å². The van der Waals surface area contributed by atoms with Gasteiger partial charge in [-0.1, -0.05) is 77.4 Å². The standard InChI is InChI=1S/C31H44N2O3SSi/c1-9-36-31(34)20-30(32-37(35)29-15-13-25(8)14-16-29)27-12-10-11-26(19-27)28-17-18-33(21-28)38(22(2)3,23(4)5)24(6)7/h10-19,21-24,30,32H,9,20H2,1-8H3/t30-,37+/m0/s1. The number of esters is 1. The molecule has 0 unspecified atom stereocenters. The topological polar surface area (TPSA) is 60.3 Å². The van der Waals surface area contributed by atoms with Gasteiger partial charge in [0.25, 0.3) is 0 Å². The van der Waals surface area contributed by atoms with Gasteiger partial charge in [0, 0.05) is 6.20 Å². The van der Waals surface area contributed by atoms with Gasteiger partial charge in [0.1, 0.15) is 11.0 Å². The number of ether oxygens (including phenoxy) is 1. The van der Waals surface area contributed by atoms with E-state index in [1.54, 1.807) is 6.92 Å². The lowest BCUT2D eigenvalue weighted by molar-refractivity contribution is -0.143. The number of carbonyl (C=O) groups is 1. The summed E-state index contributed by atoms with van der Waals surface area (Å²) in [7, 11) is -3.32. The summed E-state index contributed by atoms with van der Waals surface area (Å²) in [6.07, 6.45) is 4.67. The number of rotatable bonds is 12. The van der Waals surface area contributed by atoms with Crippen molar-refractivity contribution >= 4 is 25.2 Å². The third-order valence-electron chi connectivity index (χ3n) is 7.70. The fourth-order valence-corrected chi connectivity index (χ4v) is 13.6. The smallest absolute Gasteiger partial charge is 0.307 e.